The minimum atomic E-state index is -3.53. The maximum absolute atomic E-state index is 13.3. The number of pyridine rings is 2. The molecule has 3 aromatic rings. The quantitative estimate of drug-likeness (QED) is 0.321. The first-order chi connectivity index (χ1) is 15.2. The van der Waals surface area contributed by atoms with Gasteiger partial charge in [0.1, 0.15) is 6.61 Å². The molecule has 3 aliphatic heterocycles. The number of carbonyl (C=O) groups excluding carboxylic acids is 1. The van der Waals surface area contributed by atoms with Gasteiger partial charge < -0.3 is 20.1 Å². The second-order valence-electron chi connectivity index (χ2n) is 8.47. The zero-order chi connectivity index (χ0) is 22.6. The molecular formula is C22H19N3O6S. The third kappa shape index (κ3) is 2.20. The van der Waals surface area contributed by atoms with Crippen molar-refractivity contribution in [3.05, 3.63) is 50.8 Å². The number of nitrogen functional groups attached to an aromatic ring is 1. The molecule has 32 heavy (non-hydrogen) atoms. The number of carbonyl (C=O) groups is 1. The average Bonchev–Trinajstić information content (AvgIpc) is 3.13. The Morgan fingerprint density at radius 1 is 1.25 bits per heavy atom. The van der Waals surface area contributed by atoms with Crippen molar-refractivity contribution in [3.8, 4) is 11.4 Å². The molecule has 1 aromatic carbocycles. The van der Waals surface area contributed by atoms with Crippen LogP contribution in [-0.4, -0.2) is 34.8 Å². The second-order valence-corrected chi connectivity index (χ2v) is 10.5. The van der Waals surface area contributed by atoms with Crippen molar-refractivity contribution < 1.29 is 23.1 Å². The van der Waals surface area contributed by atoms with E-state index in [0.717, 1.165) is 11.1 Å². The number of cyclic esters (lactones) is 1. The fourth-order valence-electron chi connectivity index (χ4n) is 5.20. The van der Waals surface area contributed by atoms with Crippen molar-refractivity contribution >= 4 is 32.4 Å². The van der Waals surface area contributed by atoms with Crippen LogP contribution >= 0.6 is 0 Å². The third-order valence-corrected chi connectivity index (χ3v) is 8.69. The summed E-state index contributed by atoms with van der Waals surface area (Å²) in [4.78, 5) is 30.5. The third-order valence-electron chi connectivity index (χ3n) is 6.88. The molecule has 0 unspecified atom stereocenters. The Balaban J connectivity index is 1.69. The van der Waals surface area contributed by atoms with Gasteiger partial charge in [0.05, 0.1) is 45.3 Å². The van der Waals surface area contributed by atoms with Crippen LogP contribution in [0.15, 0.2) is 27.9 Å². The Bertz CT molecular complexity index is 1570. The van der Waals surface area contributed by atoms with Crippen LogP contribution in [0.25, 0.3) is 22.3 Å². The molecule has 5 heterocycles. The number of aliphatic hydroxyl groups is 1. The van der Waals surface area contributed by atoms with Crippen molar-refractivity contribution in [1.29, 1.82) is 0 Å². The van der Waals surface area contributed by atoms with E-state index in [1.165, 1.54) is 6.07 Å². The summed E-state index contributed by atoms with van der Waals surface area (Å²) in [5.41, 5.74) is 7.59. The normalized spacial score (nSPS) is 22.2. The van der Waals surface area contributed by atoms with Gasteiger partial charge in [-0.05, 0) is 36.6 Å². The number of rotatable bonds is 1. The Morgan fingerprint density at radius 3 is 2.78 bits per heavy atom. The first kappa shape index (κ1) is 19.4. The van der Waals surface area contributed by atoms with Crippen molar-refractivity contribution in [2.75, 3.05) is 11.5 Å². The summed E-state index contributed by atoms with van der Waals surface area (Å²) < 4.78 is 32.1. The van der Waals surface area contributed by atoms with Gasteiger partial charge in [-0.3, -0.25) is 4.79 Å². The molecule has 0 amide bonds. The van der Waals surface area contributed by atoms with Gasteiger partial charge in [0.2, 0.25) is 0 Å². The van der Waals surface area contributed by atoms with E-state index >= 15 is 0 Å². The molecule has 3 N–H and O–H groups in total. The number of hydrogen-bond acceptors (Lipinski definition) is 8. The van der Waals surface area contributed by atoms with Crippen LogP contribution in [0.5, 0.6) is 0 Å². The number of nitrogens with zero attached hydrogens (tertiary/aromatic N) is 2. The largest absolute Gasteiger partial charge is 0.458 e. The molecule has 0 bridgehead atoms. The number of benzene rings is 1. The van der Waals surface area contributed by atoms with Gasteiger partial charge in [0.25, 0.3) is 5.56 Å². The van der Waals surface area contributed by atoms with Gasteiger partial charge in [0.15, 0.2) is 15.4 Å². The average molecular weight is 453 g/mol. The molecule has 2 aromatic heterocycles. The lowest BCUT2D eigenvalue weighted by atomic mass is 9.86. The highest BCUT2D eigenvalue weighted by molar-refractivity contribution is 7.91. The monoisotopic (exact) mass is 453 g/mol. The number of fused-ring (bicyclic) bond motifs is 5. The van der Waals surface area contributed by atoms with E-state index in [9.17, 15) is 23.1 Å². The molecular weight excluding hydrogens is 434 g/mol. The molecule has 3 aliphatic rings. The van der Waals surface area contributed by atoms with Gasteiger partial charge in [-0.1, -0.05) is 6.92 Å². The number of aryl methyl sites for hydroxylation is 1. The standard InChI is InChI=1S/C22H19N3O6S/c1-2-22(28)13-7-16-18-11(8-25(16)20(26)12(13)9-31-21(22)27)10-5-6-32(29,30)19-14(23)3-4-15(24-18)17(10)19/h3-4,7,28H,2,5-6,8-9,23H2,1H3/t22-/m0/s1. The van der Waals surface area contributed by atoms with E-state index < -0.39 is 21.4 Å². The SMILES string of the molecule is CC[C@@]1(O)C(=O)OCc2c1cc1n(c2=O)Cc2c-1nc1ccc(N)c3c1c2CCS3(=O)=O. The van der Waals surface area contributed by atoms with Gasteiger partial charge >= 0.3 is 5.97 Å². The predicted molar refractivity (Wildman–Crippen MR) is 115 cm³/mol. The van der Waals surface area contributed by atoms with Crippen LogP contribution in [0.2, 0.25) is 0 Å². The summed E-state index contributed by atoms with van der Waals surface area (Å²) in [5.74, 6) is -0.846. The van der Waals surface area contributed by atoms with Crippen LogP contribution in [0.4, 0.5) is 5.69 Å². The van der Waals surface area contributed by atoms with E-state index in [1.807, 2.05) is 0 Å². The number of sulfone groups is 1. The van der Waals surface area contributed by atoms with E-state index in [2.05, 4.69) is 0 Å². The first-order valence-corrected chi connectivity index (χ1v) is 12.0. The maximum atomic E-state index is 13.3. The highest BCUT2D eigenvalue weighted by Crippen LogP contribution is 2.44. The Morgan fingerprint density at radius 2 is 2.03 bits per heavy atom. The molecule has 164 valence electrons. The highest BCUT2D eigenvalue weighted by Gasteiger charge is 2.45. The molecule has 0 spiro atoms. The summed E-state index contributed by atoms with van der Waals surface area (Å²) in [5, 5.41) is 11.5. The summed E-state index contributed by atoms with van der Waals surface area (Å²) in [7, 11) is -3.53. The van der Waals surface area contributed by atoms with Gasteiger partial charge in [-0.2, -0.15) is 0 Å². The highest BCUT2D eigenvalue weighted by atomic mass is 32.2. The number of hydrogen-bond donors (Lipinski definition) is 2. The predicted octanol–water partition coefficient (Wildman–Crippen LogP) is 0.992. The van der Waals surface area contributed by atoms with Crippen LogP contribution in [-0.2, 0) is 44.5 Å². The van der Waals surface area contributed by atoms with Gasteiger partial charge in [-0.25, -0.2) is 18.2 Å². The van der Waals surface area contributed by atoms with Crippen molar-refractivity contribution in [2.24, 2.45) is 0 Å². The van der Waals surface area contributed by atoms with E-state index in [4.69, 9.17) is 15.5 Å². The minimum absolute atomic E-state index is 0.0610. The van der Waals surface area contributed by atoms with Gasteiger partial charge in [-0.15, -0.1) is 0 Å². The number of anilines is 1. The molecule has 6 rings (SSSR count). The molecule has 10 heteroatoms. The summed E-state index contributed by atoms with van der Waals surface area (Å²) in [6, 6.07) is 4.86. The van der Waals surface area contributed by atoms with E-state index in [0.29, 0.717) is 28.7 Å². The van der Waals surface area contributed by atoms with Crippen LogP contribution in [0, 0.1) is 0 Å². The van der Waals surface area contributed by atoms with Crippen molar-refractivity contribution in [1.82, 2.24) is 9.55 Å². The maximum Gasteiger partial charge on any atom is 0.343 e. The molecule has 0 fully saturated rings. The summed E-state index contributed by atoms with van der Waals surface area (Å²) in [6.07, 6.45) is 0.356. The van der Waals surface area contributed by atoms with E-state index in [-0.39, 0.29) is 52.6 Å². The van der Waals surface area contributed by atoms with Gasteiger partial charge in [0, 0.05) is 16.5 Å². The zero-order valence-electron chi connectivity index (χ0n) is 17.1. The fraction of sp³-hybridized carbons (Fsp3) is 0.318. The van der Waals surface area contributed by atoms with Crippen LogP contribution in [0.3, 0.4) is 0 Å². The lowest BCUT2D eigenvalue weighted by Gasteiger charge is -2.31. The summed E-state index contributed by atoms with van der Waals surface area (Å²) >= 11 is 0. The van der Waals surface area contributed by atoms with Crippen LogP contribution < -0.4 is 11.3 Å². The summed E-state index contributed by atoms with van der Waals surface area (Å²) in [6.45, 7) is 1.67. The molecule has 0 saturated heterocycles. The number of esters is 1. The fourth-order valence-corrected chi connectivity index (χ4v) is 6.84. The zero-order valence-corrected chi connectivity index (χ0v) is 18.0. The van der Waals surface area contributed by atoms with Crippen LogP contribution in [0.1, 0.15) is 35.6 Å². The lowest BCUT2D eigenvalue weighted by molar-refractivity contribution is -0.172. The molecule has 1 atom stereocenters. The number of nitrogens with two attached hydrogens (primary N) is 1. The molecule has 0 radical (unpaired) electrons. The molecule has 0 aliphatic carbocycles. The van der Waals surface area contributed by atoms with Crippen molar-refractivity contribution in [2.45, 2.75) is 43.4 Å². The Kier molecular flexibility index (Phi) is 3.62. The molecule has 0 saturated carbocycles. The Hall–Kier alpha value is -3.24. The second kappa shape index (κ2) is 5.96. The number of aromatic nitrogens is 2. The first-order valence-electron chi connectivity index (χ1n) is 10.3. The molecule has 9 nitrogen and oxygen atoms in total. The topological polar surface area (TPSA) is 142 Å². The Labute approximate surface area is 182 Å². The van der Waals surface area contributed by atoms with Crippen molar-refractivity contribution in [3.63, 3.8) is 0 Å². The minimum Gasteiger partial charge on any atom is -0.458 e. The smallest absolute Gasteiger partial charge is 0.343 e. The lowest BCUT2D eigenvalue weighted by Crippen LogP contribution is -2.44. The van der Waals surface area contributed by atoms with E-state index in [1.54, 1.807) is 23.6 Å². The number of ether oxygens (including phenoxy) is 1.